The van der Waals surface area contributed by atoms with E-state index in [1.54, 1.807) is 12.1 Å². The molecule has 1 heterocycles. The van der Waals surface area contributed by atoms with Gasteiger partial charge in [0.25, 0.3) is 0 Å². The highest BCUT2D eigenvalue weighted by Crippen LogP contribution is 2.27. The number of pyridine rings is 1. The molecule has 0 aromatic carbocycles. The number of carboxylic acid groups (broad SMARTS) is 1. The number of nitrogens with zero attached hydrogens (tertiary/aromatic N) is 1. The molecule has 0 atom stereocenters. The van der Waals surface area contributed by atoms with E-state index < -0.39 is 5.97 Å². The summed E-state index contributed by atoms with van der Waals surface area (Å²) in [5, 5.41) is 12.1. The first-order valence-electron chi connectivity index (χ1n) is 6.19. The Bertz CT molecular complexity index is 387. The zero-order valence-electron chi connectivity index (χ0n) is 9.85. The van der Waals surface area contributed by atoms with Gasteiger partial charge in [0.05, 0.1) is 0 Å². The fraction of sp³-hybridized carbons (Fsp3) is 0.538. The largest absolute Gasteiger partial charge is 0.477 e. The van der Waals surface area contributed by atoms with E-state index in [1.807, 2.05) is 0 Å². The molecule has 4 heteroatoms. The van der Waals surface area contributed by atoms with E-state index in [0.717, 1.165) is 18.2 Å². The molecule has 2 N–H and O–H groups in total. The van der Waals surface area contributed by atoms with Crippen molar-refractivity contribution in [2.24, 2.45) is 5.92 Å². The molecule has 1 fully saturated rings. The molecule has 0 aliphatic heterocycles. The quantitative estimate of drug-likeness (QED) is 0.822. The van der Waals surface area contributed by atoms with Crippen molar-refractivity contribution in [1.82, 2.24) is 4.98 Å². The van der Waals surface area contributed by atoms with Crippen LogP contribution >= 0.6 is 0 Å². The molecule has 0 spiro atoms. The van der Waals surface area contributed by atoms with Crippen LogP contribution < -0.4 is 5.32 Å². The topological polar surface area (TPSA) is 62.2 Å². The van der Waals surface area contributed by atoms with Crippen LogP contribution in [-0.2, 0) is 0 Å². The third kappa shape index (κ3) is 3.44. The van der Waals surface area contributed by atoms with Crippen LogP contribution in [0.25, 0.3) is 0 Å². The number of aromatic carboxylic acids is 1. The van der Waals surface area contributed by atoms with Crippen molar-refractivity contribution in [1.29, 1.82) is 0 Å². The molecule has 0 bridgehead atoms. The Hall–Kier alpha value is -1.58. The molecule has 1 aromatic heterocycles. The van der Waals surface area contributed by atoms with E-state index in [0.29, 0.717) is 0 Å². The van der Waals surface area contributed by atoms with Crippen LogP contribution in [0.4, 0.5) is 5.69 Å². The first-order valence-corrected chi connectivity index (χ1v) is 6.19. The number of aromatic nitrogens is 1. The zero-order chi connectivity index (χ0) is 12.1. The van der Waals surface area contributed by atoms with Crippen LogP contribution in [0.2, 0.25) is 0 Å². The van der Waals surface area contributed by atoms with Crippen molar-refractivity contribution in [3.8, 4) is 0 Å². The normalized spacial score (nSPS) is 16.0. The lowest BCUT2D eigenvalue weighted by Crippen LogP contribution is -2.08. The van der Waals surface area contributed by atoms with Crippen molar-refractivity contribution in [2.45, 2.75) is 32.1 Å². The molecule has 0 saturated heterocycles. The maximum Gasteiger partial charge on any atom is 0.354 e. The summed E-state index contributed by atoms with van der Waals surface area (Å²) in [5.41, 5.74) is 0.936. The van der Waals surface area contributed by atoms with E-state index in [4.69, 9.17) is 5.11 Å². The van der Waals surface area contributed by atoms with Gasteiger partial charge in [-0.2, -0.15) is 0 Å². The number of nitrogens with one attached hydrogen (secondary N) is 1. The molecular weight excluding hydrogens is 216 g/mol. The van der Waals surface area contributed by atoms with E-state index >= 15 is 0 Å². The second kappa shape index (κ2) is 5.66. The lowest BCUT2D eigenvalue weighted by atomic mass is 10.0. The van der Waals surface area contributed by atoms with Gasteiger partial charge in [-0.05, 0) is 24.5 Å². The molecule has 92 valence electrons. The summed E-state index contributed by atoms with van der Waals surface area (Å²) in [6, 6.07) is 3.39. The fourth-order valence-electron chi connectivity index (χ4n) is 2.38. The van der Waals surface area contributed by atoms with Gasteiger partial charge < -0.3 is 10.4 Å². The van der Waals surface area contributed by atoms with Gasteiger partial charge in [0.1, 0.15) is 5.69 Å². The fourth-order valence-corrected chi connectivity index (χ4v) is 2.38. The third-order valence-corrected chi connectivity index (χ3v) is 3.34. The molecular formula is C13H18N2O2. The lowest BCUT2D eigenvalue weighted by Gasteiger charge is -2.10. The summed E-state index contributed by atoms with van der Waals surface area (Å²) >= 11 is 0. The van der Waals surface area contributed by atoms with Gasteiger partial charge in [-0.1, -0.05) is 25.7 Å². The molecule has 1 aromatic rings. The van der Waals surface area contributed by atoms with Crippen LogP contribution in [0.1, 0.15) is 42.6 Å². The molecule has 0 radical (unpaired) electrons. The van der Waals surface area contributed by atoms with Crippen molar-refractivity contribution < 1.29 is 9.90 Å². The lowest BCUT2D eigenvalue weighted by molar-refractivity contribution is 0.0690. The first kappa shape index (κ1) is 11.9. The van der Waals surface area contributed by atoms with E-state index in [-0.39, 0.29) is 5.69 Å². The predicted octanol–water partition coefficient (Wildman–Crippen LogP) is 2.77. The Balaban J connectivity index is 1.81. The highest BCUT2D eigenvalue weighted by atomic mass is 16.4. The van der Waals surface area contributed by atoms with Crippen molar-refractivity contribution in [3.63, 3.8) is 0 Å². The standard InChI is InChI=1S/C13H18N2O2/c16-13(17)12-9-11(6-8-15-12)14-7-5-10-3-1-2-4-10/h6,8-10H,1-5,7H2,(H,14,15)(H,16,17). The number of rotatable bonds is 5. The number of anilines is 1. The maximum atomic E-state index is 10.7. The summed E-state index contributed by atoms with van der Waals surface area (Å²) in [5.74, 6) is -0.132. The van der Waals surface area contributed by atoms with Crippen molar-refractivity contribution in [2.75, 3.05) is 11.9 Å². The Morgan fingerprint density at radius 3 is 2.94 bits per heavy atom. The van der Waals surface area contributed by atoms with Crippen LogP contribution in [0.15, 0.2) is 18.3 Å². The van der Waals surface area contributed by atoms with Gasteiger partial charge >= 0.3 is 5.97 Å². The first-order chi connectivity index (χ1) is 8.25. The molecule has 0 amide bonds. The van der Waals surface area contributed by atoms with Gasteiger partial charge in [0.2, 0.25) is 0 Å². The van der Waals surface area contributed by atoms with Crippen LogP contribution in [0.3, 0.4) is 0 Å². The van der Waals surface area contributed by atoms with Crippen LogP contribution in [-0.4, -0.2) is 22.6 Å². The number of carbonyl (C=O) groups is 1. The van der Waals surface area contributed by atoms with E-state index in [1.165, 1.54) is 38.3 Å². The van der Waals surface area contributed by atoms with Gasteiger partial charge in [-0.15, -0.1) is 0 Å². The summed E-state index contributed by atoms with van der Waals surface area (Å²) in [6.07, 6.45) is 8.12. The second-order valence-corrected chi connectivity index (χ2v) is 4.60. The van der Waals surface area contributed by atoms with Gasteiger partial charge in [-0.3, -0.25) is 0 Å². The van der Waals surface area contributed by atoms with Crippen molar-refractivity contribution >= 4 is 11.7 Å². The van der Waals surface area contributed by atoms with Gasteiger partial charge in [-0.25, -0.2) is 9.78 Å². The summed E-state index contributed by atoms with van der Waals surface area (Å²) in [7, 11) is 0. The highest BCUT2D eigenvalue weighted by Gasteiger charge is 2.14. The van der Waals surface area contributed by atoms with Crippen molar-refractivity contribution in [3.05, 3.63) is 24.0 Å². The van der Waals surface area contributed by atoms with Crippen LogP contribution in [0.5, 0.6) is 0 Å². The van der Waals surface area contributed by atoms with E-state index in [9.17, 15) is 4.79 Å². The number of hydrogen-bond donors (Lipinski definition) is 2. The Morgan fingerprint density at radius 2 is 2.24 bits per heavy atom. The summed E-state index contributed by atoms with van der Waals surface area (Å²) in [4.78, 5) is 14.5. The second-order valence-electron chi connectivity index (χ2n) is 4.60. The molecule has 1 saturated carbocycles. The molecule has 0 unspecified atom stereocenters. The SMILES string of the molecule is O=C(O)c1cc(NCCC2CCCC2)ccn1. The van der Waals surface area contributed by atoms with E-state index in [2.05, 4.69) is 10.3 Å². The Morgan fingerprint density at radius 1 is 1.47 bits per heavy atom. The number of hydrogen-bond acceptors (Lipinski definition) is 3. The molecule has 4 nitrogen and oxygen atoms in total. The Labute approximate surface area is 101 Å². The monoisotopic (exact) mass is 234 g/mol. The summed E-state index contributed by atoms with van der Waals surface area (Å²) < 4.78 is 0. The molecule has 1 aliphatic carbocycles. The summed E-state index contributed by atoms with van der Waals surface area (Å²) in [6.45, 7) is 0.910. The zero-order valence-corrected chi connectivity index (χ0v) is 9.85. The minimum atomic E-state index is -0.982. The highest BCUT2D eigenvalue weighted by molar-refractivity contribution is 5.86. The predicted molar refractivity (Wildman–Crippen MR) is 66.3 cm³/mol. The van der Waals surface area contributed by atoms with Gasteiger partial charge in [0.15, 0.2) is 0 Å². The average molecular weight is 234 g/mol. The average Bonchev–Trinajstić information content (AvgIpc) is 2.82. The minimum absolute atomic E-state index is 0.0934. The third-order valence-electron chi connectivity index (χ3n) is 3.34. The molecule has 2 rings (SSSR count). The van der Waals surface area contributed by atoms with Gasteiger partial charge in [0, 0.05) is 18.4 Å². The minimum Gasteiger partial charge on any atom is -0.477 e. The maximum absolute atomic E-state index is 10.7. The Kier molecular flexibility index (Phi) is 3.96. The number of carboxylic acids is 1. The molecule has 17 heavy (non-hydrogen) atoms. The molecule has 1 aliphatic rings. The smallest absolute Gasteiger partial charge is 0.354 e. The van der Waals surface area contributed by atoms with Crippen LogP contribution in [0, 0.1) is 5.92 Å².